The van der Waals surface area contributed by atoms with Gasteiger partial charge in [-0.25, -0.2) is 4.79 Å². The van der Waals surface area contributed by atoms with Crippen molar-refractivity contribution in [1.29, 1.82) is 0 Å². The molecule has 1 saturated heterocycles. The highest BCUT2D eigenvalue weighted by atomic mass is 16.5. The number of hydrogen-bond acceptors (Lipinski definition) is 8. The van der Waals surface area contributed by atoms with Crippen molar-refractivity contribution in [3.8, 4) is 28.4 Å². The Morgan fingerprint density at radius 1 is 0.909 bits per heavy atom. The van der Waals surface area contributed by atoms with Crippen molar-refractivity contribution >= 4 is 11.7 Å². The van der Waals surface area contributed by atoms with Gasteiger partial charge in [-0.05, 0) is 54.2 Å². The molecule has 4 rings (SSSR count). The Labute approximate surface area is 193 Å². The van der Waals surface area contributed by atoms with Gasteiger partial charge >= 0.3 is 5.97 Å². The van der Waals surface area contributed by atoms with Gasteiger partial charge in [0.25, 0.3) is 0 Å². The standard InChI is InChI=1S/C25H29NO7/c1-29-20-13-16-7-5-6-15-12-19(27)22(26-8-10-33-11-9-26)18(25(28)32-4)14-17(15)21(16)24(31-3)23(20)30-2/h12-14H,5-11H2,1-4H3. The zero-order valence-electron chi connectivity index (χ0n) is 19.5. The maximum absolute atomic E-state index is 13.5. The normalized spacial score (nSPS) is 15.1. The molecule has 1 fully saturated rings. The number of carbonyl (C=O) groups is 1. The predicted octanol–water partition coefficient (Wildman–Crippen LogP) is 2.85. The second kappa shape index (κ2) is 9.70. The number of morpholine rings is 1. The van der Waals surface area contributed by atoms with Crippen LogP contribution in [0.15, 0.2) is 23.0 Å². The molecule has 2 aliphatic rings. The van der Waals surface area contributed by atoms with Gasteiger partial charge in [-0.3, -0.25) is 4.79 Å². The van der Waals surface area contributed by atoms with E-state index in [0.29, 0.717) is 55.7 Å². The maximum Gasteiger partial charge on any atom is 0.340 e. The summed E-state index contributed by atoms with van der Waals surface area (Å²) >= 11 is 0. The number of benzene rings is 1. The molecule has 0 spiro atoms. The Hall–Kier alpha value is -3.26. The first-order valence-corrected chi connectivity index (χ1v) is 11.0. The van der Waals surface area contributed by atoms with Crippen LogP contribution in [0.5, 0.6) is 17.2 Å². The van der Waals surface area contributed by atoms with Gasteiger partial charge in [-0.15, -0.1) is 0 Å². The monoisotopic (exact) mass is 455 g/mol. The number of nitrogens with zero attached hydrogens (tertiary/aromatic N) is 1. The minimum Gasteiger partial charge on any atom is -0.493 e. The molecule has 1 aliphatic carbocycles. The molecule has 0 bridgehead atoms. The van der Waals surface area contributed by atoms with Crippen LogP contribution in [0.25, 0.3) is 11.1 Å². The number of methoxy groups -OCH3 is 4. The zero-order chi connectivity index (χ0) is 23.5. The first-order valence-electron chi connectivity index (χ1n) is 11.0. The number of rotatable bonds is 5. The molecule has 8 nitrogen and oxygen atoms in total. The van der Waals surface area contributed by atoms with Crippen molar-refractivity contribution in [1.82, 2.24) is 0 Å². The van der Waals surface area contributed by atoms with Crippen molar-refractivity contribution in [3.63, 3.8) is 0 Å². The van der Waals surface area contributed by atoms with Gasteiger partial charge in [-0.1, -0.05) is 0 Å². The molecular formula is C25H29NO7. The average molecular weight is 456 g/mol. The largest absolute Gasteiger partial charge is 0.493 e. The fourth-order valence-corrected chi connectivity index (χ4v) is 4.73. The highest BCUT2D eigenvalue weighted by molar-refractivity contribution is 5.98. The SMILES string of the molecule is COC(=O)c1cc2c(cc(=O)c1N1CCOCC1)CCCc1cc(OC)c(OC)c(OC)c1-2. The fraction of sp³-hybridized carbons (Fsp3) is 0.440. The van der Waals surface area contributed by atoms with Gasteiger partial charge < -0.3 is 28.6 Å². The highest BCUT2D eigenvalue weighted by Crippen LogP contribution is 2.49. The Morgan fingerprint density at radius 2 is 1.61 bits per heavy atom. The van der Waals surface area contributed by atoms with E-state index >= 15 is 0 Å². The summed E-state index contributed by atoms with van der Waals surface area (Å²) in [7, 11) is 6.04. The molecule has 1 heterocycles. The summed E-state index contributed by atoms with van der Waals surface area (Å²) in [6, 6.07) is 5.36. The van der Waals surface area contributed by atoms with E-state index in [1.54, 1.807) is 33.5 Å². The first-order chi connectivity index (χ1) is 16.0. The number of fused-ring (bicyclic) bond motifs is 3. The lowest BCUT2D eigenvalue weighted by Gasteiger charge is -2.28. The molecule has 8 heteroatoms. The van der Waals surface area contributed by atoms with Gasteiger partial charge in [0, 0.05) is 18.7 Å². The Bertz CT molecular complexity index is 1120. The average Bonchev–Trinajstić information content (AvgIpc) is 3.09. The summed E-state index contributed by atoms with van der Waals surface area (Å²) in [5.41, 5.74) is 3.80. The lowest BCUT2D eigenvalue weighted by atomic mass is 9.95. The fourth-order valence-electron chi connectivity index (χ4n) is 4.73. The molecule has 176 valence electrons. The highest BCUT2D eigenvalue weighted by Gasteiger charge is 2.29. The summed E-state index contributed by atoms with van der Waals surface area (Å²) in [5, 5.41) is 0. The van der Waals surface area contributed by atoms with E-state index in [1.807, 2.05) is 11.0 Å². The molecule has 0 N–H and O–H groups in total. The van der Waals surface area contributed by atoms with Gasteiger partial charge in [0.1, 0.15) is 0 Å². The van der Waals surface area contributed by atoms with Crippen molar-refractivity contribution in [2.45, 2.75) is 19.3 Å². The lowest BCUT2D eigenvalue weighted by molar-refractivity contribution is 0.0600. The number of esters is 1. The summed E-state index contributed by atoms with van der Waals surface area (Å²) in [6.45, 7) is 2.04. The van der Waals surface area contributed by atoms with Crippen LogP contribution in [0.2, 0.25) is 0 Å². The second-order valence-corrected chi connectivity index (χ2v) is 7.98. The van der Waals surface area contributed by atoms with Gasteiger partial charge in [0.15, 0.2) is 11.5 Å². The van der Waals surface area contributed by atoms with Crippen LogP contribution < -0.4 is 24.5 Å². The topological polar surface area (TPSA) is 83.5 Å². The lowest BCUT2D eigenvalue weighted by Crippen LogP contribution is -2.39. The first kappa shape index (κ1) is 22.9. The number of aryl methyl sites for hydroxylation is 2. The Morgan fingerprint density at radius 3 is 2.24 bits per heavy atom. The van der Waals surface area contributed by atoms with Crippen LogP contribution in [0.4, 0.5) is 5.69 Å². The van der Waals surface area contributed by atoms with E-state index in [4.69, 9.17) is 23.7 Å². The van der Waals surface area contributed by atoms with E-state index in [2.05, 4.69) is 0 Å². The third-order valence-electron chi connectivity index (χ3n) is 6.23. The van der Waals surface area contributed by atoms with Crippen LogP contribution in [-0.4, -0.2) is 60.7 Å². The van der Waals surface area contributed by atoms with E-state index in [-0.39, 0.29) is 11.0 Å². The maximum atomic E-state index is 13.5. The van der Waals surface area contributed by atoms with Crippen molar-refractivity contribution in [2.75, 3.05) is 59.6 Å². The third kappa shape index (κ3) is 4.11. The summed E-state index contributed by atoms with van der Waals surface area (Å²) in [4.78, 5) is 28.3. The molecule has 2 aromatic rings. The van der Waals surface area contributed by atoms with E-state index in [1.165, 1.54) is 7.11 Å². The van der Waals surface area contributed by atoms with Gasteiger partial charge in [-0.2, -0.15) is 0 Å². The molecule has 0 saturated carbocycles. The molecular weight excluding hydrogens is 426 g/mol. The molecule has 33 heavy (non-hydrogen) atoms. The molecule has 0 aromatic heterocycles. The van der Waals surface area contributed by atoms with Crippen LogP contribution in [0.3, 0.4) is 0 Å². The Kier molecular flexibility index (Phi) is 6.74. The minimum absolute atomic E-state index is 0.207. The van der Waals surface area contributed by atoms with Crippen LogP contribution in [0, 0.1) is 0 Å². The zero-order valence-corrected chi connectivity index (χ0v) is 19.5. The molecule has 2 aromatic carbocycles. The molecule has 0 unspecified atom stereocenters. The number of anilines is 1. The summed E-state index contributed by atoms with van der Waals surface area (Å²) in [5.74, 6) is 0.992. The van der Waals surface area contributed by atoms with Crippen molar-refractivity contribution in [3.05, 3.63) is 45.1 Å². The number of ether oxygens (including phenoxy) is 5. The minimum atomic E-state index is -0.558. The van der Waals surface area contributed by atoms with Crippen LogP contribution >= 0.6 is 0 Å². The number of hydrogen-bond donors (Lipinski definition) is 0. The van der Waals surface area contributed by atoms with E-state index in [0.717, 1.165) is 35.1 Å². The summed E-state index contributed by atoms with van der Waals surface area (Å²) < 4.78 is 27.5. The predicted molar refractivity (Wildman–Crippen MR) is 124 cm³/mol. The van der Waals surface area contributed by atoms with E-state index in [9.17, 15) is 9.59 Å². The Balaban J connectivity index is 2.08. The third-order valence-corrected chi connectivity index (χ3v) is 6.23. The second-order valence-electron chi connectivity index (χ2n) is 7.98. The van der Waals surface area contributed by atoms with Crippen LogP contribution in [-0.2, 0) is 22.3 Å². The smallest absolute Gasteiger partial charge is 0.340 e. The molecule has 0 radical (unpaired) electrons. The quantitative estimate of drug-likeness (QED) is 0.637. The van der Waals surface area contributed by atoms with E-state index < -0.39 is 5.97 Å². The van der Waals surface area contributed by atoms with Gasteiger partial charge in [0.05, 0.1) is 52.9 Å². The van der Waals surface area contributed by atoms with Gasteiger partial charge in [0.2, 0.25) is 11.2 Å². The van der Waals surface area contributed by atoms with Crippen LogP contribution in [0.1, 0.15) is 27.9 Å². The molecule has 1 aliphatic heterocycles. The van der Waals surface area contributed by atoms with Crippen molar-refractivity contribution < 1.29 is 28.5 Å². The molecule has 0 atom stereocenters. The van der Waals surface area contributed by atoms with Crippen molar-refractivity contribution in [2.24, 2.45) is 0 Å². The number of carbonyl (C=O) groups excluding carboxylic acids is 1. The molecule has 0 amide bonds. The summed E-state index contributed by atoms with van der Waals surface area (Å²) in [6.07, 6.45) is 2.29.